The van der Waals surface area contributed by atoms with Crippen LogP contribution in [-0.2, 0) is 4.74 Å². The first-order valence-electron chi connectivity index (χ1n) is 5.55. The van der Waals surface area contributed by atoms with Crippen LogP contribution in [0.2, 0.25) is 0 Å². The molecule has 2 atom stereocenters. The maximum absolute atomic E-state index is 11.8. The van der Waals surface area contributed by atoms with Crippen molar-refractivity contribution in [2.75, 3.05) is 6.54 Å². The molecule has 0 aromatic carbocycles. The van der Waals surface area contributed by atoms with E-state index in [0.717, 1.165) is 0 Å². The number of carbonyl (C=O) groups is 1. The van der Waals surface area contributed by atoms with Crippen molar-refractivity contribution in [1.29, 1.82) is 0 Å². The van der Waals surface area contributed by atoms with E-state index in [2.05, 4.69) is 6.58 Å². The SMILES string of the molecule is C=C[C@]1(O)CCN(C(=O)OC(C)(C)C)[C@H]1C. The summed E-state index contributed by atoms with van der Waals surface area (Å²) in [6, 6.07) is -0.292. The molecule has 0 aromatic heterocycles. The van der Waals surface area contributed by atoms with Crippen LogP contribution in [0, 0.1) is 0 Å². The van der Waals surface area contributed by atoms with Crippen LogP contribution < -0.4 is 0 Å². The Morgan fingerprint density at radius 2 is 2.19 bits per heavy atom. The van der Waals surface area contributed by atoms with Crippen LogP contribution in [0.15, 0.2) is 12.7 Å². The molecular weight excluding hydrogens is 206 g/mol. The number of aliphatic hydroxyl groups is 1. The molecule has 0 radical (unpaired) electrons. The zero-order chi connectivity index (χ0) is 12.6. The average molecular weight is 227 g/mol. The Hall–Kier alpha value is -1.03. The number of likely N-dealkylation sites (tertiary alicyclic amines) is 1. The van der Waals surface area contributed by atoms with Gasteiger partial charge in [0.15, 0.2) is 0 Å². The number of ether oxygens (including phenoxy) is 1. The summed E-state index contributed by atoms with van der Waals surface area (Å²) in [5, 5.41) is 10.1. The van der Waals surface area contributed by atoms with Gasteiger partial charge in [0.05, 0.1) is 6.04 Å². The summed E-state index contributed by atoms with van der Waals surface area (Å²) in [6.07, 6.45) is 1.64. The molecule has 16 heavy (non-hydrogen) atoms. The molecule has 1 amide bonds. The van der Waals surface area contributed by atoms with Gasteiger partial charge in [-0.2, -0.15) is 0 Å². The normalized spacial score (nSPS) is 30.3. The summed E-state index contributed by atoms with van der Waals surface area (Å²) in [6.45, 7) is 11.4. The smallest absolute Gasteiger partial charge is 0.410 e. The van der Waals surface area contributed by atoms with Gasteiger partial charge in [-0.3, -0.25) is 0 Å². The Labute approximate surface area is 96.9 Å². The average Bonchev–Trinajstić information content (AvgIpc) is 2.42. The van der Waals surface area contributed by atoms with Gasteiger partial charge in [0.1, 0.15) is 11.2 Å². The van der Waals surface area contributed by atoms with Gasteiger partial charge >= 0.3 is 6.09 Å². The second-order valence-corrected chi connectivity index (χ2v) is 5.30. The van der Waals surface area contributed by atoms with Gasteiger partial charge in [-0.25, -0.2) is 4.79 Å². The highest BCUT2D eigenvalue weighted by Gasteiger charge is 2.44. The first kappa shape index (κ1) is 13.0. The standard InChI is InChI=1S/C12H21NO3/c1-6-12(15)7-8-13(9(12)2)10(14)16-11(3,4)5/h6,9,15H,1,7-8H2,2-5H3/t9-,12-/m0/s1. The predicted octanol–water partition coefficient (Wildman–Crippen LogP) is 1.93. The second kappa shape index (κ2) is 4.09. The lowest BCUT2D eigenvalue weighted by molar-refractivity contribution is 0.00759. The van der Waals surface area contributed by atoms with Gasteiger partial charge < -0.3 is 14.7 Å². The number of hydrogen-bond acceptors (Lipinski definition) is 3. The van der Waals surface area contributed by atoms with Gasteiger partial charge in [-0.15, -0.1) is 6.58 Å². The van der Waals surface area contributed by atoms with E-state index < -0.39 is 11.2 Å². The van der Waals surface area contributed by atoms with Crippen LogP contribution in [0.25, 0.3) is 0 Å². The van der Waals surface area contributed by atoms with E-state index in [1.54, 1.807) is 11.8 Å². The van der Waals surface area contributed by atoms with E-state index in [0.29, 0.717) is 13.0 Å². The van der Waals surface area contributed by atoms with Crippen LogP contribution in [-0.4, -0.2) is 39.9 Å². The Balaban J connectivity index is 2.71. The molecule has 4 nitrogen and oxygen atoms in total. The maximum atomic E-state index is 11.8. The highest BCUT2D eigenvalue weighted by molar-refractivity contribution is 5.69. The Morgan fingerprint density at radius 1 is 1.62 bits per heavy atom. The van der Waals surface area contributed by atoms with Crippen molar-refractivity contribution in [2.24, 2.45) is 0 Å². The van der Waals surface area contributed by atoms with E-state index in [-0.39, 0.29) is 12.1 Å². The first-order valence-corrected chi connectivity index (χ1v) is 5.55. The fourth-order valence-corrected chi connectivity index (χ4v) is 1.81. The van der Waals surface area contributed by atoms with Gasteiger partial charge in [0.2, 0.25) is 0 Å². The third-order valence-electron chi connectivity index (χ3n) is 2.93. The Bertz CT molecular complexity index is 295. The zero-order valence-electron chi connectivity index (χ0n) is 10.5. The topological polar surface area (TPSA) is 49.8 Å². The van der Waals surface area contributed by atoms with E-state index in [4.69, 9.17) is 4.74 Å². The number of amides is 1. The van der Waals surface area contributed by atoms with E-state index >= 15 is 0 Å². The first-order chi connectivity index (χ1) is 7.19. The molecule has 1 fully saturated rings. The van der Waals surface area contributed by atoms with Crippen molar-refractivity contribution >= 4 is 6.09 Å². The molecule has 0 aromatic rings. The van der Waals surface area contributed by atoms with Crippen molar-refractivity contribution in [3.8, 4) is 0 Å². The molecule has 92 valence electrons. The Morgan fingerprint density at radius 3 is 2.56 bits per heavy atom. The summed E-state index contributed by atoms with van der Waals surface area (Å²) < 4.78 is 5.27. The third-order valence-corrected chi connectivity index (χ3v) is 2.93. The van der Waals surface area contributed by atoms with Gasteiger partial charge in [-0.05, 0) is 34.1 Å². The lowest BCUT2D eigenvalue weighted by Gasteiger charge is -2.30. The largest absolute Gasteiger partial charge is 0.444 e. The van der Waals surface area contributed by atoms with E-state index in [1.165, 1.54) is 6.08 Å². The summed E-state index contributed by atoms with van der Waals surface area (Å²) >= 11 is 0. The molecular formula is C12H21NO3. The van der Waals surface area contributed by atoms with Gasteiger partial charge in [0.25, 0.3) is 0 Å². The van der Waals surface area contributed by atoms with Crippen LogP contribution in [0.4, 0.5) is 4.79 Å². The molecule has 0 spiro atoms. The summed E-state index contributed by atoms with van der Waals surface area (Å²) in [7, 11) is 0. The molecule has 0 aliphatic carbocycles. The fraction of sp³-hybridized carbons (Fsp3) is 0.750. The fourth-order valence-electron chi connectivity index (χ4n) is 1.81. The molecule has 1 aliphatic heterocycles. The molecule has 1 aliphatic rings. The van der Waals surface area contributed by atoms with Gasteiger partial charge in [-0.1, -0.05) is 6.08 Å². The quantitative estimate of drug-likeness (QED) is 0.696. The minimum Gasteiger partial charge on any atom is -0.444 e. The van der Waals surface area contributed by atoms with E-state index in [9.17, 15) is 9.90 Å². The highest BCUT2D eigenvalue weighted by Crippen LogP contribution is 2.30. The van der Waals surface area contributed by atoms with Crippen LogP contribution in [0.3, 0.4) is 0 Å². The van der Waals surface area contributed by atoms with Crippen molar-refractivity contribution in [2.45, 2.75) is 51.4 Å². The minimum atomic E-state index is -0.989. The third kappa shape index (κ3) is 2.55. The predicted molar refractivity (Wildman–Crippen MR) is 62.2 cm³/mol. The highest BCUT2D eigenvalue weighted by atomic mass is 16.6. The van der Waals surface area contributed by atoms with E-state index in [1.807, 2.05) is 20.8 Å². The molecule has 0 saturated carbocycles. The number of rotatable bonds is 1. The van der Waals surface area contributed by atoms with Gasteiger partial charge in [0, 0.05) is 6.54 Å². The van der Waals surface area contributed by atoms with Crippen molar-refractivity contribution < 1.29 is 14.6 Å². The van der Waals surface area contributed by atoms with Crippen LogP contribution in [0.5, 0.6) is 0 Å². The van der Waals surface area contributed by atoms with Crippen molar-refractivity contribution in [3.05, 3.63) is 12.7 Å². The summed E-state index contributed by atoms with van der Waals surface area (Å²) in [5.41, 5.74) is -1.50. The Kier molecular flexibility index (Phi) is 3.33. The molecule has 1 rings (SSSR count). The zero-order valence-corrected chi connectivity index (χ0v) is 10.5. The monoisotopic (exact) mass is 227 g/mol. The van der Waals surface area contributed by atoms with Crippen LogP contribution in [0.1, 0.15) is 34.1 Å². The lowest BCUT2D eigenvalue weighted by Crippen LogP contribution is -2.45. The number of nitrogens with zero attached hydrogens (tertiary/aromatic N) is 1. The van der Waals surface area contributed by atoms with Crippen molar-refractivity contribution in [3.63, 3.8) is 0 Å². The molecule has 1 heterocycles. The summed E-state index contributed by atoms with van der Waals surface area (Å²) in [4.78, 5) is 13.4. The molecule has 1 N–H and O–H groups in total. The van der Waals surface area contributed by atoms with Crippen LogP contribution >= 0.6 is 0 Å². The number of hydrogen-bond donors (Lipinski definition) is 1. The maximum Gasteiger partial charge on any atom is 0.410 e. The molecule has 0 bridgehead atoms. The molecule has 1 saturated heterocycles. The summed E-state index contributed by atoms with van der Waals surface area (Å²) in [5.74, 6) is 0. The molecule has 4 heteroatoms. The van der Waals surface area contributed by atoms with Crippen molar-refractivity contribution in [1.82, 2.24) is 4.90 Å². The second-order valence-electron chi connectivity index (χ2n) is 5.30. The minimum absolute atomic E-state index is 0.292. The lowest BCUT2D eigenvalue weighted by atomic mass is 9.96. The molecule has 0 unspecified atom stereocenters. The number of carbonyl (C=O) groups excluding carboxylic acids is 1.